The molecule has 0 aliphatic carbocycles. The van der Waals surface area contributed by atoms with Crippen LogP contribution in [0.5, 0.6) is 0 Å². The highest BCUT2D eigenvalue weighted by molar-refractivity contribution is 6.52. The zero-order chi connectivity index (χ0) is 11.7. The summed E-state index contributed by atoms with van der Waals surface area (Å²) in [6.07, 6.45) is 0.353. The van der Waals surface area contributed by atoms with Gasteiger partial charge in [0.15, 0.2) is 0 Å². The van der Waals surface area contributed by atoms with E-state index >= 15 is 0 Å². The van der Waals surface area contributed by atoms with Crippen LogP contribution in [0.1, 0.15) is 12.5 Å². The molecular formula is C8H5Cl4NO2. The summed E-state index contributed by atoms with van der Waals surface area (Å²) in [5, 5.41) is 10.6. The molecule has 0 atom stereocenters. The fourth-order valence-corrected chi connectivity index (χ4v) is 2.26. The first-order valence-corrected chi connectivity index (χ1v) is 5.42. The smallest absolute Gasteiger partial charge is 0.258 e. The molecule has 0 aliphatic heterocycles. The van der Waals surface area contributed by atoms with Gasteiger partial charge >= 0.3 is 0 Å². The Bertz CT molecular complexity index is 433. The monoisotopic (exact) mass is 287 g/mol. The quantitative estimate of drug-likeness (QED) is 0.340. The van der Waals surface area contributed by atoms with Gasteiger partial charge in [-0.05, 0) is 6.42 Å². The predicted molar refractivity (Wildman–Crippen MR) is 62.5 cm³/mol. The molecule has 0 radical (unpaired) electrons. The van der Waals surface area contributed by atoms with Crippen molar-refractivity contribution in [3.05, 3.63) is 35.8 Å². The van der Waals surface area contributed by atoms with Gasteiger partial charge in [-0.25, -0.2) is 0 Å². The van der Waals surface area contributed by atoms with Crippen LogP contribution in [-0.4, -0.2) is 4.92 Å². The zero-order valence-corrected chi connectivity index (χ0v) is 10.5. The average Bonchev–Trinajstić information content (AvgIpc) is 2.19. The van der Waals surface area contributed by atoms with E-state index in [1.54, 1.807) is 6.92 Å². The Morgan fingerprint density at radius 1 is 1.07 bits per heavy atom. The lowest BCUT2D eigenvalue weighted by molar-refractivity contribution is -0.385. The Balaban J connectivity index is 3.70. The molecule has 15 heavy (non-hydrogen) atoms. The topological polar surface area (TPSA) is 43.1 Å². The van der Waals surface area contributed by atoms with Gasteiger partial charge in [0.2, 0.25) is 0 Å². The van der Waals surface area contributed by atoms with Crippen molar-refractivity contribution in [2.45, 2.75) is 13.3 Å². The molecule has 0 saturated heterocycles. The largest absolute Gasteiger partial charge is 0.294 e. The molecular weight excluding hydrogens is 284 g/mol. The Morgan fingerprint density at radius 3 is 1.93 bits per heavy atom. The molecule has 0 fully saturated rings. The maximum Gasteiger partial charge on any atom is 0.294 e. The van der Waals surface area contributed by atoms with Crippen molar-refractivity contribution >= 4 is 52.1 Å². The van der Waals surface area contributed by atoms with E-state index < -0.39 is 4.92 Å². The molecule has 0 aliphatic rings. The van der Waals surface area contributed by atoms with Gasteiger partial charge in [0, 0.05) is 0 Å². The zero-order valence-electron chi connectivity index (χ0n) is 7.48. The number of hydrogen-bond acceptors (Lipinski definition) is 2. The lowest BCUT2D eigenvalue weighted by Crippen LogP contribution is -1.98. The maximum atomic E-state index is 10.8. The molecule has 3 nitrogen and oxygen atoms in total. The first-order valence-electron chi connectivity index (χ1n) is 3.91. The summed E-state index contributed by atoms with van der Waals surface area (Å²) in [6, 6.07) is 0. The molecule has 0 amide bonds. The Labute approximate surface area is 106 Å². The number of nitrogens with zero attached hydrogens (tertiary/aromatic N) is 1. The average molecular weight is 289 g/mol. The Morgan fingerprint density at radius 2 is 1.53 bits per heavy atom. The van der Waals surface area contributed by atoms with Crippen LogP contribution in [0.4, 0.5) is 5.69 Å². The van der Waals surface area contributed by atoms with Gasteiger partial charge in [-0.3, -0.25) is 10.1 Å². The van der Waals surface area contributed by atoms with E-state index in [1.807, 2.05) is 0 Å². The molecule has 0 unspecified atom stereocenters. The number of benzene rings is 1. The summed E-state index contributed by atoms with van der Waals surface area (Å²) >= 11 is 23.1. The predicted octanol–water partition coefficient (Wildman–Crippen LogP) is 4.77. The highest BCUT2D eigenvalue weighted by Gasteiger charge is 2.26. The normalized spacial score (nSPS) is 10.5. The van der Waals surface area contributed by atoms with Crippen molar-refractivity contribution in [3.8, 4) is 0 Å². The molecule has 0 heterocycles. The standard InChI is InChI=1S/C8H5Cl4NO2/c1-2-3-4(9)5(10)6(11)7(12)8(3)13(14)15/h2H2,1H3. The van der Waals surface area contributed by atoms with Crippen LogP contribution in [0.2, 0.25) is 20.1 Å². The second kappa shape index (κ2) is 4.74. The van der Waals surface area contributed by atoms with E-state index in [9.17, 15) is 10.1 Å². The minimum atomic E-state index is -0.616. The van der Waals surface area contributed by atoms with Crippen molar-refractivity contribution in [1.29, 1.82) is 0 Å². The van der Waals surface area contributed by atoms with Gasteiger partial charge < -0.3 is 0 Å². The summed E-state index contributed by atoms with van der Waals surface area (Å²) in [7, 11) is 0. The minimum Gasteiger partial charge on any atom is -0.258 e. The molecule has 0 spiro atoms. The summed E-state index contributed by atoms with van der Waals surface area (Å²) < 4.78 is 0. The molecule has 1 aromatic rings. The van der Waals surface area contributed by atoms with Gasteiger partial charge in [0.25, 0.3) is 5.69 Å². The number of hydrogen-bond donors (Lipinski definition) is 0. The van der Waals surface area contributed by atoms with Crippen molar-refractivity contribution in [1.82, 2.24) is 0 Å². The molecule has 82 valence electrons. The fourth-order valence-electron chi connectivity index (χ4n) is 1.18. The third kappa shape index (κ3) is 2.16. The summed E-state index contributed by atoms with van der Waals surface area (Å²) in [5.74, 6) is 0. The van der Waals surface area contributed by atoms with E-state index in [0.29, 0.717) is 12.0 Å². The van der Waals surface area contributed by atoms with E-state index in [0.717, 1.165) is 0 Å². The second-order valence-corrected chi connectivity index (χ2v) is 4.21. The number of nitro groups is 1. The van der Waals surface area contributed by atoms with Gasteiger partial charge in [-0.1, -0.05) is 53.3 Å². The van der Waals surface area contributed by atoms with E-state index in [-0.39, 0.29) is 25.8 Å². The van der Waals surface area contributed by atoms with Crippen LogP contribution in [0.25, 0.3) is 0 Å². The number of halogens is 4. The minimum absolute atomic E-state index is 0.0470. The van der Waals surface area contributed by atoms with Gasteiger partial charge in [-0.15, -0.1) is 0 Å². The van der Waals surface area contributed by atoms with Gasteiger partial charge in [-0.2, -0.15) is 0 Å². The molecule has 7 heteroatoms. The van der Waals surface area contributed by atoms with Crippen molar-refractivity contribution in [3.63, 3.8) is 0 Å². The van der Waals surface area contributed by atoms with Crippen molar-refractivity contribution in [2.24, 2.45) is 0 Å². The van der Waals surface area contributed by atoms with Crippen LogP contribution in [0, 0.1) is 10.1 Å². The van der Waals surface area contributed by atoms with Crippen LogP contribution < -0.4 is 0 Å². The van der Waals surface area contributed by atoms with Crippen LogP contribution in [-0.2, 0) is 6.42 Å². The lowest BCUT2D eigenvalue weighted by Gasteiger charge is -2.08. The first kappa shape index (κ1) is 12.8. The highest BCUT2D eigenvalue weighted by Crippen LogP contribution is 2.45. The Kier molecular flexibility index (Phi) is 4.06. The molecule has 0 N–H and O–H groups in total. The number of rotatable bonds is 2. The van der Waals surface area contributed by atoms with Crippen LogP contribution in [0.15, 0.2) is 0 Å². The fraction of sp³-hybridized carbons (Fsp3) is 0.250. The summed E-state index contributed by atoms with van der Waals surface area (Å²) in [6.45, 7) is 1.72. The van der Waals surface area contributed by atoms with Gasteiger partial charge in [0.1, 0.15) is 5.02 Å². The third-order valence-corrected chi connectivity index (χ3v) is 3.70. The van der Waals surface area contributed by atoms with E-state index in [2.05, 4.69) is 0 Å². The molecule has 0 aromatic heterocycles. The van der Waals surface area contributed by atoms with Crippen LogP contribution >= 0.6 is 46.4 Å². The Hall–Kier alpha value is -0.220. The lowest BCUT2D eigenvalue weighted by atomic mass is 10.1. The van der Waals surface area contributed by atoms with E-state index in [4.69, 9.17) is 46.4 Å². The van der Waals surface area contributed by atoms with Gasteiger partial charge in [0.05, 0.1) is 25.6 Å². The van der Waals surface area contributed by atoms with E-state index in [1.165, 1.54) is 0 Å². The highest BCUT2D eigenvalue weighted by atomic mass is 35.5. The second-order valence-electron chi connectivity index (χ2n) is 2.69. The first-order chi connectivity index (χ1) is 6.91. The SMILES string of the molecule is CCc1c(Cl)c(Cl)c(Cl)c(Cl)c1[N+](=O)[O-]. The maximum absolute atomic E-state index is 10.8. The van der Waals surface area contributed by atoms with Crippen molar-refractivity contribution in [2.75, 3.05) is 0 Å². The van der Waals surface area contributed by atoms with Crippen LogP contribution in [0.3, 0.4) is 0 Å². The molecule has 0 saturated carbocycles. The third-order valence-electron chi connectivity index (χ3n) is 1.87. The number of nitro benzene ring substituents is 1. The summed E-state index contributed by atoms with van der Waals surface area (Å²) in [5.41, 5.74) is 0.0135. The molecule has 1 rings (SSSR count). The molecule has 0 bridgehead atoms. The van der Waals surface area contributed by atoms with Crippen molar-refractivity contribution < 1.29 is 4.92 Å². The summed E-state index contributed by atoms with van der Waals surface area (Å²) in [4.78, 5) is 10.2. The molecule has 1 aromatic carbocycles.